The molecule has 0 atom stereocenters. The number of fused-ring (bicyclic) bond motifs is 11. The number of anilines is 3. The monoisotopic (exact) mass is 742 g/mol. The van der Waals surface area contributed by atoms with E-state index in [0.29, 0.717) is 0 Å². The zero-order valence-electron chi connectivity index (χ0n) is 30.9. The highest BCUT2D eigenvalue weighted by atomic mass is 32.1. The van der Waals surface area contributed by atoms with E-state index in [-0.39, 0.29) is 0 Å². The molecular weight excluding hydrogens is 709 g/mol. The minimum Gasteiger partial charge on any atom is -0.310 e. The maximum absolute atomic E-state index is 2.45. The summed E-state index contributed by atoms with van der Waals surface area (Å²) in [5, 5.41) is 12.6. The van der Waals surface area contributed by atoms with Crippen LogP contribution in [0.4, 0.5) is 17.1 Å². The second-order valence-electron chi connectivity index (χ2n) is 14.9. The lowest BCUT2D eigenvalue weighted by atomic mass is 9.98. The molecule has 266 valence electrons. The lowest BCUT2D eigenvalue weighted by molar-refractivity contribution is 1.19. The third-order valence-corrected chi connectivity index (χ3v) is 12.9. The molecule has 0 aliphatic carbocycles. The van der Waals surface area contributed by atoms with Crippen LogP contribution in [0.25, 0.3) is 91.1 Å². The fraction of sp³-hybridized carbons (Fsp3) is 0. The van der Waals surface area contributed by atoms with Crippen molar-refractivity contribution in [3.63, 3.8) is 0 Å². The zero-order valence-corrected chi connectivity index (χ0v) is 31.7. The molecule has 0 fully saturated rings. The van der Waals surface area contributed by atoms with Crippen molar-refractivity contribution in [2.45, 2.75) is 0 Å². The van der Waals surface area contributed by atoms with E-state index in [1.54, 1.807) is 0 Å². The molecule has 0 amide bonds. The van der Waals surface area contributed by atoms with Gasteiger partial charge in [0.15, 0.2) is 0 Å². The Balaban J connectivity index is 1.05. The molecular formula is C54H34N2S. The fourth-order valence-electron chi connectivity index (χ4n) is 9.11. The van der Waals surface area contributed by atoms with Gasteiger partial charge in [0.1, 0.15) is 0 Å². The first-order chi connectivity index (χ1) is 28.3. The van der Waals surface area contributed by atoms with Crippen molar-refractivity contribution in [1.29, 1.82) is 0 Å². The number of nitrogens with zero attached hydrogens (tertiary/aromatic N) is 2. The largest absolute Gasteiger partial charge is 0.310 e. The van der Waals surface area contributed by atoms with E-state index in [1.807, 2.05) is 11.3 Å². The number of thiophene rings is 1. The third kappa shape index (κ3) is 5.03. The summed E-state index contributed by atoms with van der Waals surface area (Å²) in [5.41, 5.74) is 9.40. The minimum atomic E-state index is 1.12. The van der Waals surface area contributed by atoms with Gasteiger partial charge in [-0.15, -0.1) is 11.3 Å². The molecule has 2 heterocycles. The summed E-state index contributed by atoms with van der Waals surface area (Å²) in [7, 11) is 0. The van der Waals surface area contributed by atoms with Gasteiger partial charge in [-0.3, -0.25) is 0 Å². The van der Waals surface area contributed by atoms with Gasteiger partial charge >= 0.3 is 0 Å². The summed E-state index contributed by atoms with van der Waals surface area (Å²) in [6.45, 7) is 0. The van der Waals surface area contributed by atoms with Crippen molar-refractivity contribution in [3.05, 3.63) is 206 Å². The molecule has 0 spiro atoms. The van der Waals surface area contributed by atoms with Gasteiger partial charge in [-0.05, 0) is 87.3 Å². The van der Waals surface area contributed by atoms with E-state index in [4.69, 9.17) is 0 Å². The molecule has 2 aromatic heterocycles. The molecule has 0 aliphatic rings. The molecule has 0 N–H and O–H groups in total. The Morgan fingerprint density at radius 2 is 0.965 bits per heavy atom. The first-order valence-electron chi connectivity index (χ1n) is 19.5. The Bertz CT molecular complexity index is 3520. The molecule has 12 aromatic rings. The SMILES string of the molecule is c1ccc(-n2c3cc(-c4ccc(N(c5ccc6c(c5)sc5ccccc56)c5cc6ccccc6c6ccccc56)cc4)ccc3c3ccc4ccccc4c32)cc1. The second kappa shape index (κ2) is 12.7. The lowest BCUT2D eigenvalue weighted by Gasteiger charge is -2.28. The van der Waals surface area contributed by atoms with E-state index >= 15 is 0 Å². The number of hydrogen-bond acceptors (Lipinski definition) is 2. The molecule has 10 aromatic carbocycles. The molecule has 12 rings (SSSR count). The van der Waals surface area contributed by atoms with Crippen LogP contribution in [0.15, 0.2) is 206 Å². The van der Waals surface area contributed by atoms with Crippen molar-refractivity contribution in [1.82, 2.24) is 4.57 Å². The van der Waals surface area contributed by atoms with Crippen LogP contribution in [0.5, 0.6) is 0 Å². The van der Waals surface area contributed by atoms with E-state index in [0.717, 1.165) is 17.1 Å². The smallest absolute Gasteiger partial charge is 0.0619 e. The third-order valence-electron chi connectivity index (χ3n) is 11.7. The summed E-state index contributed by atoms with van der Waals surface area (Å²) < 4.78 is 5.05. The van der Waals surface area contributed by atoms with Crippen LogP contribution in [0.1, 0.15) is 0 Å². The quantitative estimate of drug-likeness (QED) is 0.159. The summed E-state index contributed by atoms with van der Waals surface area (Å²) in [6, 6.07) is 75.8. The normalized spacial score (nSPS) is 11.9. The van der Waals surface area contributed by atoms with E-state index in [2.05, 4.69) is 216 Å². The summed E-state index contributed by atoms with van der Waals surface area (Å²) in [6.07, 6.45) is 0. The Kier molecular flexibility index (Phi) is 7.13. The molecule has 0 unspecified atom stereocenters. The predicted molar refractivity (Wildman–Crippen MR) is 246 cm³/mol. The molecule has 0 saturated heterocycles. The summed E-state index contributed by atoms with van der Waals surface area (Å²) >= 11 is 1.86. The predicted octanol–water partition coefficient (Wildman–Crippen LogP) is 15.7. The van der Waals surface area contributed by atoms with Gasteiger partial charge in [-0.25, -0.2) is 0 Å². The van der Waals surface area contributed by atoms with Gasteiger partial charge in [0.05, 0.1) is 16.7 Å². The Morgan fingerprint density at radius 3 is 1.81 bits per heavy atom. The van der Waals surface area contributed by atoms with Crippen molar-refractivity contribution >= 4 is 103 Å². The molecule has 2 nitrogen and oxygen atoms in total. The number of benzene rings is 10. The van der Waals surface area contributed by atoms with Crippen LogP contribution in [0.3, 0.4) is 0 Å². The molecule has 57 heavy (non-hydrogen) atoms. The average molecular weight is 743 g/mol. The molecule has 3 heteroatoms. The number of hydrogen-bond donors (Lipinski definition) is 0. The maximum atomic E-state index is 2.45. The van der Waals surface area contributed by atoms with Crippen LogP contribution >= 0.6 is 11.3 Å². The summed E-state index contributed by atoms with van der Waals surface area (Å²) in [5.74, 6) is 0. The second-order valence-corrected chi connectivity index (χ2v) is 16.0. The van der Waals surface area contributed by atoms with Crippen molar-refractivity contribution in [3.8, 4) is 16.8 Å². The highest BCUT2D eigenvalue weighted by Crippen LogP contribution is 2.45. The van der Waals surface area contributed by atoms with E-state index in [1.165, 1.54) is 91.1 Å². The van der Waals surface area contributed by atoms with Crippen LogP contribution in [0, 0.1) is 0 Å². The highest BCUT2D eigenvalue weighted by Gasteiger charge is 2.20. The van der Waals surface area contributed by atoms with Gasteiger partial charge in [0.2, 0.25) is 0 Å². The molecule has 0 aliphatic heterocycles. The average Bonchev–Trinajstić information content (AvgIpc) is 3.82. The Hall–Kier alpha value is -7.20. The van der Waals surface area contributed by atoms with E-state index < -0.39 is 0 Å². The van der Waals surface area contributed by atoms with Gasteiger partial charge in [-0.2, -0.15) is 0 Å². The summed E-state index contributed by atoms with van der Waals surface area (Å²) in [4.78, 5) is 2.45. The van der Waals surface area contributed by atoms with Crippen molar-refractivity contribution < 1.29 is 0 Å². The number of para-hydroxylation sites is 1. The van der Waals surface area contributed by atoms with Crippen molar-refractivity contribution in [2.24, 2.45) is 0 Å². The topological polar surface area (TPSA) is 8.17 Å². The van der Waals surface area contributed by atoms with Crippen LogP contribution < -0.4 is 4.90 Å². The minimum absolute atomic E-state index is 1.12. The Labute approximate surface area is 333 Å². The standard InChI is InChI=1S/C54H34N2S/c1-2-14-39(15-3-1)56-51-32-37(25-29-46(51)49-30-24-36-12-4-7-17-43(36)54(49)56)35-22-26-40(27-23-35)55(41-28-31-48-47-20-10-11-21-52(47)57-53(48)34-41)50-33-38-13-5-6-16-42(38)44-18-8-9-19-45(44)50/h1-34H. The van der Waals surface area contributed by atoms with Crippen LogP contribution in [-0.2, 0) is 0 Å². The Morgan fingerprint density at radius 1 is 0.351 bits per heavy atom. The van der Waals surface area contributed by atoms with E-state index in [9.17, 15) is 0 Å². The highest BCUT2D eigenvalue weighted by molar-refractivity contribution is 7.25. The zero-order chi connectivity index (χ0) is 37.5. The van der Waals surface area contributed by atoms with Crippen molar-refractivity contribution in [2.75, 3.05) is 4.90 Å². The molecule has 0 bridgehead atoms. The van der Waals surface area contributed by atoms with Gasteiger partial charge in [0, 0.05) is 58.8 Å². The first kappa shape index (κ1) is 32.1. The maximum Gasteiger partial charge on any atom is 0.0619 e. The lowest BCUT2D eigenvalue weighted by Crippen LogP contribution is -2.10. The number of aromatic nitrogens is 1. The van der Waals surface area contributed by atoms with Gasteiger partial charge in [0.25, 0.3) is 0 Å². The van der Waals surface area contributed by atoms with Gasteiger partial charge in [-0.1, -0.05) is 152 Å². The van der Waals surface area contributed by atoms with Crippen LogP contribution in [0.2, 0.25) is 0 Å². The first-order valence-corrected chi connectivity index (χ1v) is 20.3. The van der Waals surface area contributed by atoms with Gasteiger partial charge < -0.3 is 9.47 Å². The number of rotatable bonds is 5. The molecule has 0 saturated carbocycles. The fourth-order valence-corrected chi connectivity index (χ4v) is 10.2. The molecule has 0 radical (unpaired) electrons. The van der Waals surface area contributed by atoms with Crippen LogP contribution in [-0.4, -0.2) is 4.57 Å².